The van der Waals surface area contributed by atoms with E-state index in [4.69, 9.17) is 16.3 Å². The van der Waals surface area contributed by atoms with Gasteiger partial charge >= 0.3 is 0 Å². The molecule has 0 aromatic heterocycles. The SMILES string of the molecule is C[C@@H](Oc1cccc(Cl)c1)C(=O)N[C@@H]1C[C@H]2CC[C@H]1C2. The molecule has 0 spiro atoms. The zero-order valence-corrected chi connectivity index (χ0v) is 12.4. The number of carbonyl (C=O) groups is 1. The quantitative estimate of drug-likeness (QED) is 0.924. The van der Waals surface area contributed by atoms with E-state index in [-0.39, 0.29) is 5.91 Å². The molecular weight excluding hydrogens is 274 g/mol. The Bertz CT molecular complexity index is 505. The number of rotatable bonds is 4. The second-order valence-corrected chi connectivity index (χ2v) is 6.44. The Kier molecular flexibility index (Phi) is 3.88. The fourth-order valence-corrected chi connectivity index (χ4v) is 3.70. The van der Waals surface area contributed by atoms with Crippen LogP contribution < -0.4 is 10.1 Å². The van der Waals surface area contributed by atoms with E-state index in [2.05, 4.69) is 5.32 Å². The highest BCUT2D eigenvalue weighted by atomic mass is 35.5. The lowest BCUT2D eigenvalue weighted by Gasteiger charge is -2.24. The van der Waals surface area contributed by atoms with Crippen LogP contribution >= 0.6 is 11.6 Å². The van der Waals surface area contributed by atoms with E-state index >= 15 is 0 Å². The number of carbonyl (C=O) groups excluding carboxylic acids is 1. The van der Waals surface area contributed by atoms with Gasteiger partial charge < -0.3 is 10.1 Å². The lowest BCUT2D eigenvalue weighted by atomic mass is 9.95. The molecule has 3 nitrogen and oxygen atoms in total. The molecular formula is C16H20ClNO2. The predicted octanol–water partition coefficient (Wildman–Crippen LogP) is 3.41. The highest BCUT2D eigenvalue weighted by Gasteiger charge is 2.40. The van der Waals surface area contributed by atoms with Crippen LogP contribution in [0.5, 0.6) is 5.75 Å². The van der Waals surface area contributed by atoms with Gasteiger partial charge in [-0.25, -0.2) is 0 Å². The number of nitrogens with one attached hydrogen (secondary N) is 1. The van der Waals surface area contributed by atoms with Crippen LogP contribution in [0.4, 0.5) is 0 Å². The number of fused-ring (bicyclic) bond motifs is 2. The van der Waals surface area contributed by atoms with E-state index in [1.54, 1.807) is 19.1 Å². The van der Waals surface area contributed by atoms with E-state index in [0.717, 1.165) is 12.3 Å². The Hall–Kier alpha value is -1.22. The van der Waals surface area contributed by atoms with Crippen molar-refractivity contribution in [2.45, 2.75) is 44.8 Å². The predicted molar refractivity (Wildman–Crippen MR) is 78.9 cm³/mol. The Morgan fingerprint density at radius 3 is 2.90 bits per heavy atom. The van der Waals surface area contributed by atoms with Gasteiger partial charge in [-0.15, -0.1) is 0 Å². The smallest absolute Gasteiger partial charge is 0.261 e. The topological polar surface area (TPSA) is 38.3 Å². The van der Waals surface area contributed by atoms with Crippen molar-refractivity contribution >= 4 is 17.5 Å². The summed E-state index contributed by atoms with van der Waals surface area (Å²) in [7, 11) is 0. The van der Waals surface area contributed by atoms with Crippen LogP contribution in [0.2, 0.25) is 5.02 Å². The molecule has 2 fully saturated rings. The molecule has 1 aromatic rings. The Balaban J connectivity index is 1.54. The molecule has 1 aromatic carbocycles. The number of benzene rings is 1. The van der Waals surface area contributed by atoms with Crippen molar-refractivity contribution in [1.82, 2.24) is 5.32 Å². The molecule has 2 bridgehead atoms. The highest BCUT2D eigenvalue weighted by molar-refractivity contribution is 6.30. The lowest BCUT2D eigenvalue weighted by molar-refractivity contribution is -0.128. The van der Waals surface area contributed by atoms with Gasteiger partial charge in [-0.3, -0.25) is 4.79 Å². The van der Waals surface area contributed by atoms with Crippen molar-refractivity contribution < 1.29 is 9.53 Å². The molecule has 0 saturated heterocycles. The van der Waals surface area contributed by atoms with Crippen molar-refractivity contribution in [2.75, 3.05) is 0 Å². The number of hydrogen-bond donors (Lipinski definition) is 1. The fourth-order valence-electron chi connectivity index (χ4n) is 3.52. The van der Waals surface area contributed by atoms with Gasteiger partial charge in [0.05, 0.1) is 0 Å². The number of amides is 1. The van der Waals surface area contributed by atoms with Gasteiger partial charge in [0, 0.05) is 11.1 Å². The minimum absolute atomic E-state index is 0.0254. The van der Waals surface area contributed by atoms with Gasteiger partial charge in [-0.2, -0.15) is 0 Å². The van der Waals surface area contributed by atoms with Gasteiger partial charge in [0.25, 0.3) is 5.91 Å². The van der Waals surface area contributed by atoms with E-state index in [0.29, 0.717) is 22.7 Å². The average Bonchev–Trinajstić information content (AvgIpc) is 3.01. The van der Waals surface area contributed by atoms with Crippen molar-refractivity contribution in [3.05, 3.63) is 29.3 Å². The fraction of sp³-hybridized carbons (Fsp3) is 0.562. The van der Waals surface area contributed by atoms with Gasteiger partial charge in [-0.1, -0.05) is 24.1 Å². The highest BCUT2D eigenvalue weighted by Crippen LogP contribution is 2.44. The van der Waals surface area contributed by atoms with Crippen LogP contribution in [-0.2, 0) is 4.79 Å². The first-order chi connectivity index (χ1) is 9.61. The van der Waals surface area contributed by atoms with Crippen LogP contribution in [0.25, 0.3) is 0 Å². The molecule has 2 aliphatic carbocycles. The molecule has 2 aliphatic rings. The van der Waals surface area contributed by atoms with Crippen LogP contribution in [0, 0.1) is 11.8 Å². The molecule has 20 heavy (non-hydrogen) atoms. The summed E-state index contributed by atoms with van der Waals surface area (Å²) in [6.45, 7) is 1.78. The Morgan fingerprint density at radius 2 is 2.25 bits per heavy atom. The van der Waals surface area contributed by atoms with E-state index in [1.807, 2.05) is 12.1 Å². The molecule has 4 heteroatoms. The first-order valence-corrected chi connectivity index (χ1v) is 7.72. The molecule has 1 N–H and O–H groups in total. The maximum Gasteiger partial charge on any atom is 0.261 e. The van der Waals surface area contributed by atoms with Gasteiger partial charge in [0.1, 0.15) is 5.75 Å². The molecule has 2 saturated carbocycles. The van der Waals surface area contributed by atoms with E-state index < -0.39 is 6.10 Å². The summed E-state index contributed by atoms with van der Waals surface area (Å²) < 4.78 is 5.65. The molecule has 0 unspecified atom stereocenters. The molecule has 3 rings (SSSR count). The second kappa shape index (κ2) is 5.65. The maximum atomic E-state index is 12.2. The first kappa shape index (κ1) is 13.7. The van der Waals surface area contributed by atoms with Gasteiger partial charge in [0.15, 0.2) is 6.10 Å². The number of ether oxygens (including phenoxy) is 1. The summed E-state index contributed by atoms with van der Waals surface area (Å²) in [4.78, 5) is 12.2. The zero-order valence-electron chi connectivity index (χ0n) is 11.6. The van der Waals surface area contributed by atoms with E-state index in [1.165, 1.54) is 19.3 Å². The minimum Gasteiger partial charge on any atom is -0.481 e. The second-order valence-electron chi connectivity index (χ2n) is 6.01. The Morgan fingerprint density at radius 1 is 1.40 bits per heavy atom. The molecule has 0 aliphatic heterocycles. The molecule has 0 radical (unpaired) electrons. The van der Waals surface area contributed by atoms with Crippen LogP contribution in [-0.4, -0.2) is 18.1 Å². The van der Waals surface area contributed by atoms with Crippen LogP contribution in [0.3, 0.4) is 0 Å². The normalized spacial score (nSPS) is 29.2. The zero-order chi connectivity index (χ0) is 14.1. The van der Waals surface area contributed by atoms with Gasteiger partial charge in [-0.05, 0) is 56.2 Å². The molecule has 0 heterocycles. The summed E-state index contributed by atoms with van der Waals surface area (Å²) in [6.07, 6.45) is 4.53. The summed E-state index contributed by atoms with van der Waals surface area (Å²) in [5.41, 5.74) is 0. The minimum atomic E-state index is -0.493. The van der Waals surface area contributed by atoms with Crippen molar-refractivity contribution in [2.24, 2.45) is 11.8 Å². The number of hydrogen-bond acceptors (Lipinski definition) is 2. The molecule has 4 atom stereocenters. The summed E-state index contributed by atoms with van der Waals surface area (Å²) in [5.74, 6) is 2.12. The van der Waals surface area contributed by atoms with Crippen LogP contribution in [0.15, 0.2) is 24.3 Å². The molecule has 1 amide bonds. The van der Waals surface area contributed by atoms with Crippen molar-refractivity contribution in [1.29, 1.82) is 0 Å². The Labute approximate surface area is 124 Å². The van der Waals surface area contributed by atoms with Crippen molar-refractivity contribution in [3.63, 3.8) is 0 Å². The maximum absolute atomic E-state index is 12.2. The standard InChI is InChI=1S/C16H20ClNO2/c1-10(20-14-4-2-3-13(17)9-14)16(19)18-15-8-11-5-6-12(15)7-11/h2-4,9-12,15H,5-8H2,1H3,(H,18,19)/t10-,11+,12+,15-/m1/s1. The summed E-state index contributed by atoms with van der Waals surface area (Å²) in [5, 5.41) is 3.76. The lowest BCUT2D eigenvalue weighted by Crippen LogP contribution is -2.44. The van der Waals surface area contributed by atoms with Crippen molar-refractivity contribution in [3.8, 4) is 5.75 Å². The van der Waals surface area contributed by atoms with Crippen LogP contribution in [0.1, 0.15) is 32.6 Å². The van der Waals surface area contributed by atoms with Gasteiger partial charge in [0.2, 0.25) is 0 Å². The van der Waals surface area contributed by atoms with E-state index in [9.17, 15) is 4.79 Å². The third-order valence-electron chi connectivity index (χ3n) is 4.54. The third-order valence-corrected chi connectivity index (χ3v) is 4.78. The first-order valence-electron chi connectivity index (χ1n) is 7.34. The molecule has 108 valence electrons. The summed E-state index contributed by atoms with van der Waals surface area (Å²) in [6, 6.07) is 7.49. The average molecular weight is 294 g/mol. The largest absolute Gasteiger partial charge is 0.481 e. The third kappa shape index (κ3) is 2.93. The summed E-state index contributed by atoms with van der Waals surface area (Å²) >= 11 is 5.91. The number of halogens is 1. The monoisotopic (exact) mass is 293 g/mol.